The maximum absolute atomic E-state index is 11.8. The van der Waals surface area contributed by atoms with Crippen LogP contribution in [0.4, 0.5) is 4.79 Å². The summed E-state index contributed by atoms with van der Waals surface area (Å²) in [6, 6.07) is 5.02. The average molecular weight is 350 g/mol. The number of benzene rings is 1. The zero-order chi connectivity index (χ0) is 14.6. The van der Waals surface area contributed by atoms with Crippen molar-refractivity contribution >= 4 is 33.6 Å². The minimum Gasteiger partial charge on any atom is -0.444 e. The van der Waals surface area contributed by atoms with Gasteiger partial charge in [-0.15, -0.1) is 0 Å². The van der Waals surface area contributed by atoms with Crippen molar-refractivity contribution in [2.24, 2.45) is 5.73 Å². The number of hydrogen-bond acceptors (Lipinski definition) is 3. The number of rotatable bonds is 3. The highest BCUT2D eigenvalue weighted by molar-refractivity contribution is 9.10. The number of ether oxygens (including phenoxy) is 1. The molecule has 1 aromatic rings. The Balaban J connectivity index is 2.84. The van der Waals surface area contributed by atoms with Crippen LogP contribution in [0.15, 0.2) is 22.7 Å². The number of carbonyl (C=O) groups excluding carboxylic acids is 1. The first-order valence-electron chi connectivity index (χ1n) is 5.87. The van der Waals surface area contributed by atoms with Crippen LogP contribution in [-0.4, -0.2) is 18.2 Å². The third-order valence-corrected chi connectivity index (χ3v) is 3.10. The van der Waals surface area contributed by atoms with Gasteiger partial charge in [0.25, 0.3) is 0 Å². The minimum atomic E-state index is -0.551. The van der Waals surface area contributed by atoms with Crippen molar-refractivity contribution in [3.63, 3.8) is 0 Å². The predicted octanol–water partition coefficient (Wildman–Crippen LogP) is 3.63. The molecule has 0 spiro atoms. The first-order valence-corrected chi connectivity index (χ1v) is 7.04. The molecule has 4 nitrogen and oxygen atoms in total. The Labute approximate surface area is 126 Å². The third-order valence-electron chi connectivity index (χ3n) is 2.26. The molecule has 0 aliphatic heterocycles. The van der Waals surface area contributed by atoms with E-state index in [0.29, 0.717) is 5.02 Å². The number of halogens is 2. The van der Waals surface area contributed by atoms with Crippen molar-refractivity contribution in [3.05, 3.63) is 33.3 Å². The lowest BCUT2D eigenvalue weighted by Gasteiger charge is -2.23. The van der Waals surface area contributed by atoms with Gasteiger partial charge in [-0.3, -0.25) is 0 Å². The molecular weight excluding hydrogens is 332 g/mol. The Morgan fingerprint density at radius 3 is 2.68 bits per heavy atom. The summed E-state index contributed by atoms with van der Waals surface area (Å²) < 4.78 is 6.07. The van der Waals surface area contributed by atoms with E-state index in [1.165, 1.54) is 0 Å². The van der Waals surface area contributed by atoms with Crippen molar-refractivity contribution in [1.82, 2.24) is 5.32 Å². The monoisotopic (exact) mass is 348 g/mol. The van der Waals surface area contributed by atoms with Crippen molar-refractivity contribution in [2.75, 3.05) is 6.54 Å². The highest BCUT2D eigenvalue weighted by Gasteiger charge is 2.21. The summed E-state index contributed by atoms with van der Waals surface area (Å²) in [5, 5.41) is 3.27. The Bertz CT molecular complexity index is 460. The molecule has 6 heteroatoms. The molecule has 1 amide bonds. The van der Waals surface area contributed by atoms with E-state index in [2.05, 4.69) is 21.2 Å². The quantitative estimate of drug-likeness (QED) is 0.876. The first-order chi connectivity index (χ1) is 8.73. The zero-order valence-electron chi connectivity index (χ0n) is 11.2. The minimum absolute atomic E-state index is 0.232. The molecule has 19 heavy (non-hydrogen) atoms. The molecule has 0 aliphatic carbocycles. The van der Waals surface area contributed by atoms with Gasteiger partial charge in [0.2, 0.25) is 0 Å². The van der Waals surface area contributed by atoms with E-state index in [1.54, 1.807) is 26.8 Å². The SMILES string of the molecule is CC(C)(C)OC(=O)NC(CN)c1cc(Br)ccc1Cl. The molecular formula is C13H18BrClN2O2. The first kappa shape index (κ1) is 16.3. The van der Waals surface area contributed by atoms with E-state index in [4.69, 9.17) is 22.1 Å². The van der Waals surface area contributed by atoms with Crippen LogP contribution in [0.5, 0.6) is 0 Å². The van der Waals surface area contributed by atoms with E-state index in [-0.39, 0.29) is 12.6 Å². The largest absolute Gasteiger partial charge is 0.444 e. The number of nitrogens with one attached hydrogen (secondary N) is 1. The molecule has 0 aliphatic rings. The molecule has 0 fully saturated rings. The van der Waals surface area contributed by atoms with E-state index in [1.807, 2.05) is 12.1 Å². The zero-order valence-corrected chi connectivity index (χ0v) is 13.5. The second-order valence-electron chi connectivity index (χ2n) is 5.10. The molecule has 0 heterocycles. The number of carbonyl (C=O) groups is 1. The van der Waals surface area contributed by atoms with Crippen molar-refractivity contribution < 1.29 is 9.53 Å². The summed E-state index contributed by atoms with van der Waals surface area (Å²) in [6.45, 7) is 5.64. The van der Waals surface area contributed by atoms with Crippen LogP contribution in [0.1, 0.15) is 32.4 Å². The van der Waals surface area contributed by atoms with E-state index in [9.17, 15) is 4.79 Å². The summed E-state index contributed by atoms with van der Waals surface area (Å²) >= 11 is 9.48. The van der Waals surface area contributed by atoms with Crippen LogP contribution in [0.2, 0.25) is 5.02 Å². The number of alkyl carbamates (subject to hydrolysis) is 1. The second-order valence-corrected chi connectivity index (χ2v) is 6.42. The molecule has 0 saturated carbocycles. The van der Waals surface area contributed by atoms with Crippen LogP contribution in [0, 0.1) is 0 Å². The summed E-state index contributed by atoms with van der Waals surface area (Å²) in [5.41, 5.74) is 5.89. The number of amides is 1. The molecule has 1 aromatic carbocycles. The molecule has 0 saturated heterocycles. The lowest BCUT2D eigenvalue weighted by molar-refractivity contribution is 0.0505. The molecule has 0 aromatic heterocycles. The van der Waals surface area contributed by atoms with Crippen molar-refractivity contribution in [1.29, 1.82) is 0 Å². The smallest absolute Gasteiger partial charge is 0.408 e. The number of nitrogens with two attached hydrogens (primary N) is 1. The van der Waals surface area contributed by atoms with Gasteiger partial charge in [0.15, 0.2) is 0 Å². The summed E-state index contributed by atoms with van der Waals surface area (Å²) in [7, 11) is 0. The van der Waals surface area contributed by atoms with Gasteiger partial charge >= 0.3 is 6.09 Å². The van der Waals surface area contributed by atoms with Gasteiger partial charge < -0.3 is 15.8 Å². The van der Waals surface area contributed by atoms with E-state index >= 15 is 0 Å². The fraction of sp³-hybridized carbons (Fsp3) is 0.462. The van der Waals surface area contributed by atoms with Crippen molar-refractivity contribution in [2.45, 2.75) is 32.4 Å². The van der Waals surface area contributed by atoms with Gasteiger partial charge in [0, 0.05) is 16.0 Å². The topological polar surface area (TPSA) is 64.3 Å². The Morgan fingerprint density at radius 2 is 2.16 bits per heavy atom. The Morgan fingerprint density at radius 1 is 1.53 bits per heavy atom. The summed E-state index contributed by atoms with van der Waals surface area (Å²) in [6.07, 6.45) is -0.515. The maximum atomic E-state index is 11.8. The maximum Gasteiger partial charge on any atom is 0.408 e. The van der Waals surface area contributed by atoms with Gasteiger partial charge in [-0.1, -0.05) is 27.5 Å². The third kappa shape index (κ3) is 5.38. The van der Waals surface area contributed by atoms with E-state index < -0.39 is 11.7 Å². The lowest BCUT2D eigenvalue weighted by Crippen LogP contribution is -2.37. The van der Waals surface area contributed by atoms with Gasteiger partial charge in [-0.25, -0.2) is 4.79 Å². The average Bonchev–Trinajstić information content (AvgIpc) is 2.27. The highest BCUT2D eigenvalue weighted by Crippen LogP contribution is 2.26. The molecule has 106 valence electrons. The van der Waals surface area contributed by atoms with Crippen LogP contribution in [0.3, 0.4) is 0 Å². The normalized spacial score (nSPS) is 12.9. The Kier molecular flexibility index (Phi) is 5.64. The number of hydrogen-bond donors (Lipinski definition) is 2. The van der Waals surface area contributed by atoms with Crippen LogP contribution >= 0.6 is 27.5 Å². The standard InChI is InChI=1S/C13H18BrClN2O2/c1-13(2,3)19-12(18)17-11(7-16)9-6-8(14)4-5-10(9)15/h4-6,11H,7,16H2,1-3H3,(H,17,18). The lowest BCUT2D eigenvalue weighted by atomic mass is 10.1. The van der Waals surface area contributed by atoms with Crippen LogP contribution < -0.4 is 11.1 Å². The molecule has 1 atom stereocenters. The fourth-order valence-corrected chi connectivity index (χ4v) is 2.12. The molecule has 1 unspecified atom stereocenters. The van der Waals surface area contributed by atoms with Gasteiger partial charge in [-0.2, -0.15) is 0 Å². The van der Waals surface area contributed by atoms with Crippen molar-refractivity contribution in [3.8, 4) is 0 Å². The van der Waals surface area contributed by atoms with E-state index in [0.717, 1.165) is 10.0 Å². The van der Waals surface area contributed by atoms with Gasteiger partial charge in [0.1, 0.15) is 5.60 Å². The molecule has 0 bridgehead atoms. The predicted molar refractivity (Wildman–Crippen MR) is 80.3 cm³/mol. The molecule has 3 N–H and O–H groups in total. The summed E-state index contributed by atoms with van der Waals surface area (Å²) in [4.78, 5) is 11.8. The summed E-state index contributed by atoms with van der Waals surface area (Å²) in [5.74, 6) is 0. The second kappa shape index (κ2) is 6.59. The van der Waals surface area contributed by atoms with Gasteiger partial charge in [-0.05, 0) is 44.5 Å². The van der Waals surface area contributed by atoms with Gasteiger partial charge in [0.05, 0.1) is 6.04 Å². The molecule has 1 rings (SSSR count). The highest BCUT2D eigenvalue weighted by atomic mass is 79.9. The van der Waals surface area contributed by atoms with Crippen LogP contribution in [0.25, 0.3) is 0 Å². The Hall–Kier alpha value is -0.780. The molecule has 0 radical (unpaired) electrons. The fourth-order valence-electron chi connectivity index (χ4n) is 1.50. The van der Waals surface area contributed by atoms with Crippen LogP contribution in [-0.2, 0) is 4.74 Å².